The number of imide groups is 1. The molecule has 0 atom stereocenters. The Bertz CT molecular complexity index is 849. The molecule has 3 N–H and O–H groups in total. The average molecular weight is 465 g/mol. The van der Waals surface area contributed by atoms with Crippen molar-refractivity contribution in [2.24, 2.45) is 5.92 Å². The van der Waals surface area contributed by atoms with Crippen LogP contribution in [-0.4, -0.2) is 47.3 Å². The number of carbonyl (C=O) groups excluding carboxylic acids is 4. The topological polar surface area (TPSA) is 108 Å². The molecule has 1 aliphatic carbocycles. The molecule has 1 aromatic rings. The fourth-order valence-corrected chi connectivity index (χ4v) is 4.23. The van der Waals surface area contributed by atoms with Crippen LogP contribution >= 0.6 is 15.9 Å². The van der Waals surface area contributed by atoms with Gasteiger partial charge in [-0.1, -0.05) is 22.9 Å². The fourth-order valence-electron chi connectivity index (χ4n) is 3.75. The summed E-state index contributed by atoms with van der Waals surface area (Å²) in [5, 5.41) is 7.96. The molecule has 0 bridgehead atoms. The molecule has 2 aliphatic rings. The largest absolute Gasteiger partial charge is 0.345 e. The number of halogens is 1. The van der Waals surface area contributed by atoms with Crippen molar-refractivity contribution in [1.29, 1.82) is 0 Å². The Kier molecular flexibility index (Phi) is 6.26. The lowest BCUT2D eigenvalue weighted by molar-refractivity contribution is -0.136. The Morgan fingerprint density at radius 2 is 1.93 bits per heavy atom. The quantitative estimate of drug-likeness (QED) is 0.580. The highest BCUT2D eigenvalue weighted by Gasteiger charge is 2.52. The van der Waals surface area contributed by atoms with Crippen molar-refractivity contribution in [3.05, 3.63) is 28.2 Å². The molecule has 2 fully saturated rings. The highest BCUT2D eigenvalue weighted by molar-refractivity contribution is 9.10. The van der Waals surface area contributed by atoms with Crippen molar-refractivity contribution in [1.82, 2.24) is 15.5 Å². The van der Waals surface area contributed by atoms with Crippen LogP contribution in [-0.2, 0) is 14.4 Å². The van der Waals surface area contributed by atoms with Crippen LogP contribution in [0.2, 0.25) is 0 Å². The van der Waals surface area contributed by atoms with Crippen LogP contribution in [0.5, 0.6) is 0 Å². The standard InChI is InChI=1S/C20H25BrN4O4/c1-12-5-7-20(8-6-12)18(28)25(19(29)24-20)11-17(27)22-10-16(26)23-15-4-3-14(21)9-13(15)2/h3-4,9,12H,5-8,10-11H2,1-2H3,(H,22,27)(H,23,26)(H,24,29). The lowest BCUT2D eigenvalue weighted by Gasteiger charge is -2.33. The maximum atomic E-state index is 12.8. The normalized spacial score (nSPS) is 23.8. The monoisotopic (exact) mass is 464 g/mol. The van der Waals surface area contributed by atoms with Crippen LogP contribution in [0.3, 0.4) is 0 Å². The first-order valence-electron chi connectivity index (χ1n) is 9.67. The molecular weight excluding hydrogens is 440 g/mol. The number of hydrogen-bond donors (Lipinski definition) is 3. The molecule has 0 aromatic heterocycles. The van der Waals surface area contributed by atoms with Crippen molar-refractivity contribution in [3.63, 3.8) is 0 Å². The molecule has 1 saturated carbocycles. The molecule has 3 rings (SSSR count). The Morgan fingerprint density at radius 3 is 2.59 bits per heavy atom. The summed E-state index contributed by atoms with van der Waals surface area (Å²) in [6.45, 7) is 3.34. The second kappa shape index (κ2) is 8.52. The molecule has 1 saturated heterocycles. The van der Waals surface area contributed by atoms with Crippen LogP contribution < -0.4 is 16.0 Å². The third kappa shape index (κ3) is 4.77. The number of amides is 5. The Balaban J connectivity index is 1.51. The first-order valence-corrected chi connectivity index (χ1v) is 10.5. The molecule has 5 amide bonds. The fraction of sp³-hybridized carbons (Fsp3) is 0.500. The van der Waals surface area contributed by atoms with E-state index in [1.54, 1.807) is 12.1 Å². The first kappa shape index (κ1) is 21.3. The van der Waals surface area contributed by atoms with E-state index >= 15 is 0 Å². The van der Waals surface area contributed by atoms with Gasteiger partial charge in [0.25, 0.3) is 5.91 Å². The number of nitrogens with zero attached hydrogens (tertiary/aromatic N) is 1. The van der Waals surface area contributed by atoms with E-state index in [1.165, 1.54) is 0 Å². The SMILES string of the molecule is Cc1cc(Br)ccc1NC(=O)CNC(=O)CN1C(=O)NC2(CCC(C)CC2)C1=O. The van der Waals surface area contributed by atoms with Gasteiger partial charge in [-0.05, 0) is 62.3 Å². The van der Waals surface area contributed by atoms with E-state index in [0.717, 1.165) is 27.8 Å². The number of rotatable bonds is 5. The average Bonchev–Trinajstić information content (AvgIpc) is 2.89. The number of hydrogen-bond acceptors (Lipinski definition) is 4. The summed E-state index contributed by atoms with van der Waals surface area (Å²) in [6.07, 6.45) is 2.90. The molecule has 29 heavy (non-hydrogen) atoms. The van der Waals surface area contributed by atoms with E-state index in [4.69, 9.17) is 0 Å². The van der Waals surface area contributed by atoms with Crippen LogP contribution in [0.15, 0.2) is 22.7 Å². The number of benzene rings is 1. The van der Waals surface area contributed by atoms with Crippen molar-refractivity contribution in [3.8, 4) is 0 Å². The summed E-state index contributed by atoms with van der Waals surface area (Å²) >= 11 is 3.36. The molecule has 8 nitrogen and oxygen atoms in total. The number of urea groups is 1. The van der Waals surface area contributed by atoms with Gasteiger partial charge in [0.15, 0.2) is 0 Å². The number of carbonyl (C=O) groups is 4. The molecule has 0 unspecified atom stereocenters. The lowest BCUT2D eigenvalue weighted by atomic mass is 9.77. The maximum absolute atomic E-state index is 12.8. The van der Waals surface area contributed by atoms with Gasteiger partial charge in [0.1, 0.15) is 12.1 Å². The minimum atomic E-state index is -0.875. The van der Waals surface area contributed by atoms with Gasteiger partial charge in [-0.15, -0.1) is 0 Å². The first-order chi connectivity index (χ1) is 13.7. The number of aryl methyl sites for hydroxylation is 1. The zero-order valence-corrected chi connectivity index (χ0v) is 18.1. The lowest BCUT2D eigenvalue weighted by Crippen LogP contribution is -2.50. The number of anilines is 1. The van der Waals surface area contributed by atoms with Crippen molar-refractivity contribution in [2.75, 3.05) is 18.4 Å². The molecule has 1 spiro atoms. The molecule has 1 heterocycles. The van der Waals surface area contributed by atoms with Gasteiger partial charge in [0.05, 0.1) is 6.54 Å². The van der Waals surface area contributed by atoms with E-state index in [0.29, 0.717) is 24.4 Å². The third-order valence-corrected chi connectivity index (χ3v) is 6.08. The highest BCUT2D eigenvalue weighted by atomic mass is 79.9. The van der Waals surface area contributed by atoms with Crippen molar-refractivity contribution in [2.45, 2.75) is 45.1 Å². The van der Waals surface area contributed by atoms with E-state index in [2.05, 4.69) is 38.8 Å². The molecular formula is C20H25BrN4O4. The molecule has 1 aliphatic heterocycles. The predicted octanol–water partition coefficient (Wildman–Crippen LogP) is 2.31. The predicted molar refractivity (Wildman–Crippen MR) is 111 cm³/mol. The van der Waals surface area contributed by atoms with Crippen LogP contribution in [0.4, 0.5) is 10.5 Å². The van der Waals surface area contributed by atoms with Crippen LogP contribution in [0, 0.1) is 12.8 Å². The van der Waals surface area contributed by atoms with Gasteiger partial charge < -0.3 is 16.0 Å². The third-order valence-electron chi connectivity index (χ3n) is 5.58. The zero-order valence-electron chi connectivity index (χ0n) is 16.5. The van der Waals surface area contributed by atoms with E-state index in [1.807, 2.05) is 13.0 Å². The van der Waals surface area contributed by atoms with Gasteiger partial charge >= 0.3 is 6.03 Å². The molecule has 1 aromatic carbocycles. The molecule has 0 radical (unpaired) electrons. The number of nitrogens with one attached hydrogen (secondary N) is 3. The van der Waals surface area contributed by atoms with Gasteiger partial charge in [-0.3, -0.25) is 19.3 Å². The minimum absolute atomic E-state index is 0.249. The van der Waals surface area contributed by atoms with E-state index in [9.17, 15) is 19.2 Å². The van der Waals surface area contributed by atoms with Gasteiger partial charge in [-0.25, -0.2) is 4.79 Å². The summed E-state index contributed by atoms with van der Waals surface area (Å²) in [7, 11) is 0. The molecule has 9 heteroatoms. The summed E-state index contributed by atoms with van der Waals surface area (Å²) in [4.78, 5) is 50.3. The van der Waals surface area contributed by atoms with E-state index < -0.39 is 29.9 Å². The Morgan fingerprint density at radius 1 is 1.24 bits per heavy atom. The second-order valence-electron chi connectivity index (χ2n) is 7.87. The van der Waals surface area contributed by atoms with Crippen molar-refractivity contribution >= 4 is 45.4 Å². The Labute approximate surface area is 177 Å². The van der Waals surface area contributed by atoms with Gasteiger partial charge in [0.2, 0.25) is 11.8 Å². The molecule has 156 valence electrons. The smallest absolute Gasteiger partial charge is 0.325 e. The minimum Gasteiger partial charge on any atom is -0.345 e. The summed E-state index contributed by atoms with van der Waals surface area (Å²) in [5.74, 6) is -0.772. The maximum Gasteiger partial charge on any atom is 0.325 e. The highest BCUT2D eigenvalue weighted by Crippen LogP contribution is 2.36. The van der Waals surface area contributed by atoms with Crippen molar-refractivity contribution < 1.29 is 19.2 Å². The van der Waals surface area contributed by atoms with Gasteiger partial charge in [0, 0.05) is 10.2 Å². The van der Waals surface area contributed by atoms with Gasteiger partial charge in [-0.2, -0.15) is 0 Å². The summed E-state index contributed by atoms with van der Waals surface area (Å²) in [5.41, 5.74) is 0.654. The Hall–Kier alpha value is -2.42. The van der Waals surface area contributed by atoms with Crippen LogP contribution in [0.25, 0.3) is 0 Å². The second-order valence-corrected chi connectivity index (χ2v) is 8.79. The zero-order chi connectivity index (χ0) is 21.2. The summed E-state index contributed by atoms with van der Waals surface area (Å²) in [6, 6.07) is 4.89. The van der Waals surface area contributed by atoms with E-state index in [-0.39, 0.29) is 12.5 Å². The summed E-state index contributed by atoms with van der Waals surface area (Å²) < 4.78 is 0.903. The van der Waals surface area contributed by atoms with Crippen LogP contribution in [0.1, 0.15) is 38.2 Å².